The fourth-order valence-corrected chi connectivity index (χ4v) is 2.32. The molecule has 0 aliphatic rings. The number of hydrogen-bond acceptors (Lipinski definition) is 2. The third kappa shape index (κ3) is 2.89. The van der Waals surface area contributed by atoms with Crippen molar-refractivity contribution >= 4 is 40.3 Å². The number of nitrogens with one attached hydrogen (secondary N) is 1. The summed E-state index contributed by atoms with van der Waals surface area (Å²) in [5.41, 5.74) is 9.12. The van der Waals surface area contributed by atoms with Crippen LogP contribution >= 0.6 is 23.2 Å². The van der Waals surface area contributed by atoms with Crippen LogP contribution in [0.1, 0.15) is 12.5 Å². The highest BCUT2D eigenvalue weighted by atomic mass is 35.5. The van der Waals surface area contributed by atoms with E-state index in [1.165, 1.54) is 5.56 Å². The first-order valence-corrected chi connectivity index (χ1v) is 6.46. The van der Waals surface area contributed by atoms with Crippen LogP contribution in [0.4, 0.5) is 17.1 Å². The lowest BCUT2D eigenvalue weighted by atomic mass is 10.1. The SMILES string of the molecule is CCc1cccc(Nc2c(Cl)cc(N)cc2Cl)c1. The molecule has 0 spiro atoms. The molecule has 2 aromatic carbocycles. The van der Waals surface area contributed by atoms with Crippen LogP contribution in [0.5, 0.6) is 0 Å². The summed E-state index contributed by atoms with van der Waals surface area (Å²) in [6.45, 7) is 2.11. The number of halogens is 2. The molecule has 0 bridgehead atoms. The van der Waals surface area contributed by atoms with E-state index in [1.54, 1.807) is 12.1 Å². The Bertz CT molecular complexity index is 544. The van der Waals surface area contributed by atoms with Crippen molar-refractivity contribution in [3.63, 3.8) is 0 Å². The second kappa shape index (κ2) is 5.51. The molecular formula is C14H14Cl2N2. The van der Waals surface area contributed by atoms with Crippen LogP contribution in [0.25, 0.3) is 0 Å². The minimum atomic E-state index is 0.516. The third-order valence-corrected chi connectivity index (χ3v) is 3.27. The van der Waals surface area contributed by atoms with Gasteiger partial charge >= 0.3 is 0 Å². The van der Waals surface area contributed by atoms with Gasteiger partial charge in [-0.25, -0.2) is 0 Å². The van der Waals surface area contributed by atoms with E-state index in [2.05, 4.69) is 24.4 Å². The molecule has 2 aromatic rings. The van der Waals surface area contributed by atoms with Gasteiger partial charge in [0.2, 0.25) is 0 Å². The Morgan fingerprint density at radius 2 is 1.78 bits per heavy atom. The highest BCUT2D eigenvalue weighted by molar-refractivity contribution is 6.39. The Balaban J connectivity index is 2.33. The average molecular weight is 281 g/mol. The Hall–Kier alpha value is -1.38. The van der Waals surface area contributed by atoms with E-state index >= 15 is 0 Å². The molecule has 0 unspecified atom stereocenters. The van der Waals surface area contributed by atoms with Crippen LogP contribution in [0.3, 0.4) is 0 Å². The van der Waals surface area contributed by atoms with Crippen LogP contribution in [0, 0.1) is 0 Å². The monoisotopic (exact) mass is 280 g/mol. The molecule has 18 heavy (non-hydrogen) atoms. The van der Waals surface area contributed by atoms with Crippen LogP contribution in [-0.2, 0) is 6.42 Å². The maximum Gasteiger partial charge on any atom is 0.0764 e. The zero-order valence-corrected chi connectivity index (χ0v) is 11.5. The molecule has 4 heteroatoms. The first-order chi connectivity index (χ1) is 8.60. The molecule has 2 rings (SSSR count). The number of rotatable bonds is 3. The summed E-state index contributed by atoms with van der Waals surface area (Å²) in [6, 6.07) is 11.5. The standard InChI is InChI=1S/C14H14Cl2N2/c1-2-9-4-3-5-11(6-9)18-14-12(15)7-10(17)8-13(14)16/h3-8,18H,2,17H2,1H3. The molecule has 0 atom stereocenters. The highest BCUT2D eigenvalue weighted by Gasteiger charge is 2.07. The predicted molar refractivity (Wildman–Crippen MR) is 80.0 cm³/mol. The van der Waals surface area contributed by atoms with Crippen LogP contribution in [-0.4, -0.2) is 0 Å². The van der Waals surface area contributed by atoms with Gasteiger partial charge in [0.05, 0.1) is 15.7 Å². The van der Waals surface area contributed by atoms with Crippen molar-refractivity contribution in [1.29, 1.82) is 0 Å². The van der Waals surface area contributed by atoms with E-state index in [1.807, 2.05) is 12.1 Å². The van der Waals surface area contributed by atoms with Gasteiger partial charge in [-0.05, 0) is 36.2 Å². The average Bonchev–Trinajstić information content (AvgIpc) is 2.34. The largest absolute Gasteiger partial charge is 0.399 e. The molecule has 94 valence electrons. The summed E-state index contributed by atoms with van der Waals surface area (Å²) in [5, 5.41) is 4.25. The molecule has 0 aliphatic heterocycles. The van der Waals surface area contributed by atoms with Crippen LogP contribution in [0.15, 0.2) is 36.4 Å². The van der Waals surface area contributed by atoms with E-state index in [9.17, 15) is 0 Å². The highest BCUT2D eigenvalue weighted by Crippen LogP contribution is 2.35. The zero-order chi connectivity index (χ0) is 13.1. The molecule has 0 saturated carbocycles. The van der Waals surface area contributed by atoms with Crippen LogP contribution in [0.2, 0.25) is 10.0 Å². The van der Waals surface area contributed by atoms with Gasteiger partial charge in [0.15, 0.2) is 0 Å². The van der Waals surface area contributed by atoms with Crippen molar-refractivity contribution in [2.24, 2.45) is 0 Å². The van der Waals surface area contributed by atoms with Crippen molar-refractivity contribution in [3.8, 4) is 0 Å². The molecule has 0 amide bonds. The van der Waals surface area contributed by atoms with Crippen molar-refractivity contribution in [1.82, 2.24) is 0 Å². The lowest BCUT2D eigenvalue weighted by Gasteiger charge is -2.12. The van der Waals surface area contributed by atoms with Gasteiger partial charge in [0, 0.05) is 11.4 Å². The molecule has 0 aliphatic carbocycles. The Kier molecular flexibility index (Phi) is 4.00. The van der Waals surface area contributed by atoms with E-state index < -0.39 is 0 Å². The van der Waals surface area contributed by atoms with Crippen molar-refractivity contribution in [3.05, 3.63) is 52.0 Å². The second-order valence-corrected chi connectivity index (χ2v) is 4.85. The quantitative estimate of drug-likeness (QED) is 0.787. The first kappa shape index (κ1) is 13.1. The summed E-state index contributed by atoms with van der Waals surface area (Å²) < 4.78 is 0. The van der Waals surface area contributed by atoms with E-state index in [0.29, 0.717) is 21.4 Å². The number of nitrogens with two attached hydrogens (primary N) is 1. The number of nitrogen functional groups attached to an aromatic ring is 1. The van der Waals surface area contributed by atoms with Gasteiger partial charge in [-0.3, -0.25) is 0 Å². The summed E-state index contributed by atoms with van der Waals surface area (Å²) in [7, 11) is 0. The summed E-state index contributed by atoms with van der Waals surface area (Å²) in [5.74, 6) is 0. The molecule has 0 aromatic heterocycles. The molecular weight excluding hydrogens is 267 g/mol. The van der Waals surface area contributed by atoms with Crippen molar-refractivity contribution < 1.29 is 0 Å². The topological polar surface area (TPSA) is 38.0 Å². The smallest absolute Gasteiger partial charge is 0.0764 e. The number of benzene rings is 2. The number of aryl methyl sites for hydroxylation is 1. The van der Waals surface area contributed by atoms with Gasteiger partial charge in [-0.15, -0.1) is 0 Å². The lowest BCUT2D eigenvalue weighted by Crippen LogP contribution is -1.95. The Morgan fingerprint density at radius 3 is 2.39 bits per heavy atom. The van der Waals surface area contributed by atoms with E-state index in [4.69, 9.17) is 28.9 Å². The minimum absolute atomic E-state index is 0.516. The predicted octanol–water partition coefficient (Wildman–Crippen LogP) is 4.88. The van der Waals surface area contributed by atoms with Crippen molar-refractivity contribution in [2.45, 2.75) is 13.3 Å². The van der Waals surface area contributed by atoms with Gasteiger partial charge in [0.1, 0.15) is 0 Å². The van der Waals surface area contributed by atoms with E-state index in [-0.39, 0.29) is 0 Å². The summed E-state index contributed by atoms with van der Waals surface area (Å²) in [6.07, 6.45) is 0.985. The number of anilines is 3. The fourth-order valence-electron chi connectivity index (χ4n) is 1.73. The summed E-state index contributed by atoms with van der Waals surface area (Å²) in [4.78, 5) is 0. The maximum absolute atomic E-state index is 6.13. The normalized spacial score (nSPS) is 10.4. The van der Waals surface area contributed by atoms with Gasteiger partial charge in [0.25, 0.3) is 0 Å². The molecule has 0 radical (unpaired) electrons. The Morgan fingerprint density at radius 1 is 1.11 bits per heavy atom. The summed E-state index contributed by atoms with van der Waals surface area (Å²) >= 11 is 12.3. The van der Waals surface area contributed by atoms with Gasteiger partial charge in [-0.1, -0.05) is 42.3 Å². The Labute approximate surface area is 117 Å². The minimum Gasteiger partial charge on any atom is -0.399 e. The second-order valence-electron chi connectivity index (χ2n) is 4.04. The van der Waals surface area contributed by atoms with Crippen molar-refractivity contribution in [2.75, 3.05) is 11.1 Å². The molecule has 0 fully saturated rings. The fraction of sp³-hybridized carbons (Fsp3) is 0.143. The van der Waals surface area contributed by atoms with Gasteiger partial charge in [-0.2, -0.15) is 0 Å². The zero-order valence-electron chi connectivity index (χ0n) is 10.0. The van der Waals surface area contributed by atoms with Crippen LogP contribution < -0.4 is 11.1 Å². The maximum atomic E-state index is 6.13. The molecule has 2 nitrogen and oxygen atoms in total. The van der Waals surface area contributed by atoms with E-state index in [0.717, 1.165) is 12.1 Å². The van der Waals surface area contributed by atoms with Gasteiger partial charge < -0.3 is 11.1 Å². The molecule has 3 N–H and O–H groups in total. The molecule has 0 heterocycles. The first-order valence-electron chi connectivity index (χ1n) is 5.70. The number of hydrogen-bond donors (Lipinski definition) is 2. The third-order valence-electron chi connectivity index (χ3n) is 2.67. The molecule has 0 saturated heterocycles. The lowest BCUT2D eigenvalue weighted by molar-refractivity contribution is 1.14.